The van der Waals surface area contributed by atoms with Crippen LogP contribution in [-0.2, 0) is 21.8 Å². The van der Waals surface area contributed by atoms with Crippen LogP contribution in [0.4, 0.5) is 5.69 Å². The number of anilines is 1. The summed E-state index contributed by atoms with van der Waals surface area (Å²) in [5.41, 5.74) is 3.79. The molecule has 0 aliphatic carbocycles. The lowest BCUT2D eigenvalue weighted by atomic mass is 9.96. The topological polar surface area (TPSA) is 148 Å². The average molecular weight is 583 g/mol. The first-order chi connectivity index (χ1) is 19.4. The van der Waals surface area contributed by atoms with Gasteiger partial charge in [-0.1, -0.05) is 18.2 Å². The minimum absolute atomic E-state index is 0.257. The predicted molar refractivity (Wildman–Crippen MR) is 159 cm³/mol. The summed E-state index contributed by atoms with van der Waals surface area (Å²) < 4.78 is 35.9. The van der Waals surface area contributed by atoms with Gasteiger partial charge in [0.25, 0.3) is 10.0 Å². The van der Waals surface area contributed by atoms with Gasteiger partial charge in [-0.25, -0.2) is 13.1 Å². The number of allylic oxidation sites excluding steroid dienone is 2. The Kier molecular flexibility index (Phi) is 9.23. The fraction of sp³-hybridized carbons (Fsp3) is 0.433. The molecule has 10 nitrogen and oxygen atoms in total. The van der Waals surface area contributed by atoms with Crippen molar-refractivity contribution in [1.29, 1.82) is 5.26 Å². The molecular weight excluding hydrogens is 544 g/mol. The van der Waals surface area contributed by atoms with Crippen molar-refractivity contribution in [2.75, 3.05) is 24.5 Å². The second kappa shape index (κ2) is 12.3. The van der Waals surface area contributed by atoms with E-state index in [1.807, 2.05) is 29.8 Å². The van der Waals surface area contributed by atoms with Crippen LogP contribution in [0.2, 0.25) is 0 Å². The van der Waals surface area contributed by atoms with E-state index in [1.165, 1.54) is 12.6 Å². The van der Waals surface area contributed by atoms with Crippen molar-refractivity contribution < 1.29 is 28.5 Å². The fourth-order valence-corrected chi connectivity index (χ4v) is 6.54. The van der Waals surface area contributed by atoms with Crippen LogP contribution >= 0.6 is 0 Å². The molecule has 11 heteroatoms. The molecule has 1 fully saturated rings. The Morgan fingerprint density at radius 2 is 1.68 bits per heavy atom. The van der Waals surface area contributed by atoms with Crippen LogP contribution in [0.3, 0.4) is 0 Å². The number of sulfonamides is 1. The molecule has 220 valence electrons. The molecule has 0 saturated carbocycles. The third kappa shape index (κ3) is 6.04. The van der Waals surface area contributed by atoms with Crippen LogP contribution in [0, 0.1) is 11.3 Å². The van der Waals surface area contributed by atoms with Gasteiger partial charge in [0, 0.05) is 49.3 Å². The molecule has 3 aromatic rings. The van der Waals surface area contributed by atoms with E-state index in [2.05, 4.69) is 53.8 Å². The van der Waals surface area contributed by atoms with Gasteiger partial charge in [0.05, 0.1) is 6.10 Å². The number of aliphatic hydroxyl groups excluding tert-OH is 3. The summed E-state index contributed by atoms with van der Waals surface area (Å²) in [6.07, 6.45) is -6.19. The second-order valence-electron chi connectivity index (χ2n) is 10.4. The Morgan fingerprint density at radius 3 is 2.34 bits per heavy atom. The maximum atomic E-state index is 13.2. The van der Waals surface area contributed by atoms with Gasteiger partial charge in [-0.3, -0.25) is 0 Å². The summed E-state index contributed by atoms with van der Waals surface area (Å²) in [4.78, 5) is 1.83. The summed E-state index contributed by atoms with van der Waals surface area (Å²) in [7, 11) is -2.48. The summed E-state index contributed by atoms with van der Waals surface area (Å²) in [5.74, 6) is 0. The third-order valence-corrected chi connectivity index (χ3v) is 9.37. The van der Waals surface area contributed by atoms with E-state index in [-0.39, 0.29) is 12.1 Å². The van der Waals surface area contributed by atoms with E-state index >= 15 is 0 Å². The van der Waals surface area contributed by atoms with Crippen molar-refractivity contribution in [1.82, 2.24) is 9.29 Å². The van der Waals surface area contributed by atoms with Crippen molar-refractivity contribution in [2.24, 2.45) is 7.05 Å². The largest absolute Gasteiger partial charge is 0.388 e. The molecule has 41 heavy (non-hydrogen) atoms. The molecule has 1 aliphatic heterocycles. The van der Waals surface area contributed by atoms with Gasteiger partial charge in [-0.15, -0.1) is 0 Å². The first kappa shape index (κ1) is 30.7. The summed E-state index contributed by atoms with van der Waals surface area (Å²) in [6.45, 7) is 8.81. The van der Waals surface area contributed by atoms with E-state index in [0.29, 0.717) is 5.69 Å². The lowest BCUT2D eigenvalue weighted by Crippen LogP contribution is -2.59. The molecule has 1 unspecified atom stereocenters. The average Bonchev–Trinajstić information content (AvgIpc) is 3.34. The van der Waals surface area contributed by atoms with Crippen LogP contribution in [0.25, 0.3) is 27.6 Å². The zero-order valence-corrected chi connectivity index (χ0v) is 24.8. The van der Waals surface area contributed by atoms with E-state index in [9.17, 15) is 29.0 Å². The van der Waals surface area contributed by atoms with Gasteiger partial charge in [0.2, 0.25) is 0 Å². The Balaban J connectivity index is 1.60. The highest BCUT2D eigenvalue weighted by atomic mass is 32.2. The molecule has 4 N–H and O–H groups in total. The smallest absolute Gasteiger partial charge is 0.251 e. The summed E-state index contributed by atoms with van der Waals surface area (Å²) >= 11 is 0. The molecule has 2 heterocycles. The van der Waals surface area contributed by atoms with Gasteiger partial charge in [-0.05, 0) is 74.4 Å². The Bertz CT molecular complexity index is 1590. The Morgan fingerprint density at radius 1 is 1.02 bits per heavy atom. The minimum Gasteiger partial charge on any atom is -0.388 e. The second-order valence-corrected chi connectivity index (χ2v) is 12.1. The molecule has 1 saturated heterocycles. The maximum absolute atomic E-state index is 13.2. The van der Waals surface area contributed by atoms with E-state index in [0.717, 1.165) is 35.1 Å². The standard InChI is InChI=1S/C30H38N4O6S/c1-6-34(7-2)23-11-10-20-14-22(9-8-21(20)15-23)25-13-12-24(33(25)5)18(3)27(16-31)41(38,39)32-17-26-29(36)30(37)28(35)19(4)40-26/h8-15,19,26,28-30,32,35-37H,6-7,17H2,1-5H3/b27-18+/t19?,26-,28+,29-,30-/m1/s1. The lowest BCUT2D eigenvalue weighted by molar-refractivity contribution is -0.214. The van der Waals surface area contributed by atoms with Crippen LogP contribution in [0.15, 0.2) is 53.4 Å². The number of aromatic nitrogens is 1. The zero-order valence-electron chi connectivity index (χ0n) is 23.9. The highest BCUT2D eigenvalue weighted by Crippen LogP contribution is 2.31. The fourth-order valence-electron chi connectivity index (χ4n) is 5.39. The third-order valence-electron chi connectivity index (χ3n) is 7.89. The molecule has 1 aliphatic rings. The van der Waals surface area contributed by atoms with Gasteiger partial charge in [0.15, 0.2) is 4.91 Å². The van der Waals surface area contributed by atoms with Gasteiger partial charge < -0.3 is 29.5 Å². The number of benzene rings is 2. The number of fused-ring (bicyclic) bond motifs is 1. The molecule has 0 radical (unpaired) electrons. The van der Waals surface area contributed by atoms with Gasteiger partial charge in [0.1, 0.15) is 30.5 Å². The number of nitrogens with zero attached hydrogens (tertiary/aromatic N) is 3. The quantitative estimate of drug-likeness (QED) is 0.282. The number of nitrogens with one attached hydrogen (secondary N) is 1. The molecule has 5 atom stereocenters. The molecule has 1 aromatic heterocycles. The van der Waals surface area contributed by atoms with Crippen LogP contribution in [0.1, 0.15) is 33.4 Å². The highest BCUT2D eigenvalue weighted by Gasteiger charge is 2.42. The molecular formula is C30H38N4O6S. The molecule has 0 bridgehead atoms. The zero-order chi connectivity index (χ0) is 30.1. The summed E-state index contributed by atoms with van der Waals surface area (Å²) in [6, 6.07) is 18.0. The number of nitriles is 1. The Hall–Kier alpha value is -3.24. The summed E-state index contributed by atoms with van der Waals surface area (Å²) in [5, 5.41) is 42.2. The van der Waals surface area contributed by atoms with Crippen LogP contribution in [0.5, 0.6) is 0 Å². The molecule has 0 spiro atoms. The number of hydrogen-bond acceptors (Lipinski definition) is 8. The van der Waals surface area contributed by atoms with Crippen molar-refractivity contribution in [3.05, 3.63) is 59.1 Å². The van der Waals surface area contributed by atoms with Crippen molar-refractivity contribution in [3.63, 3.8) is 0 Å². The normalized spacial score (nSPS) is 23.7. The van der Waals surface area contributed by atoms with Crippen molar-refractivity contribution >= 4 is 32.1 Å². The molecule has 0 amide bonds. The number of ether oxygens (including phenoxy) is 1. The SMILES string of the molecule is CCN(CC)c1ccc2cc(-c3ccc(/C(C)=C(\C#N)S(=O)(=O)NC[C@H]4OC(C)[C@H](O)[C@@H](O)[C@@H]4O)n3C)ccc2c1. The minimum atomic E-state index is -4.29. The van der Waals surface area contributed by atoms with Gasteiger partial charge >= 0.3 is 0 Å². The first-order valence-corrected chi connectivity index (χ1v) is 15.2. The maximum Gasteiger partial charge on any atom is 0.251 e. The highest BCUT2D eigenvalue weighted by molar-refractivity contribution is 7.93. The molecule has 2 aromatic carbocycles. The van der Waals surface area contributed by atoms with Crippen LogP contribution in [-0.4, -0.2) is 78.5 Å². The predicted octanol–water partition coefficient (Wildman–Crippen LogP) is 2.74. The Labute approximate surface area is 241 Å². The first-order valence-electron chi connectivity index (χ1n) is 13.7. The monoisotopic (exact) mass is 582 g/mol. The number of rotatable bonds is 9. The van der Waals surface area contributed by atoms with Crippen molar-refractivity contribution in [2.45, 2.75) is 58.2 Å². The van der Waals surface area contributed by atoms with E-state index in [1.54, 1.807) is 13.0 Å². The van der Waals surface area contributed by atoms with E-state index < -0.39 is 45.4 Å². The lowest BCUT2D eigenvalue weighted by Gasteiger charge is -2.39. The van der Waals surface area contributed by atoms with Crippen LogP contribution < -0.4 is 9.62 Å². The van der Waals surface area contributed by atoms with E-state index in [4.69, 9.17) is 4.74 Å². The number of hydrogen-bond donors (Lipinski definition) is 4. The molecule has 4 rings (SSSR count). The van der Waals surface area contributed by atoms with Crippen molar-refractivity contribution in [3.8, 4) is 17.3 Å². The number of aliphatic hydroxyl groups is 3. The van der Waals surface area contributed by atoms with Gasteiger partial charge in [-0.2, -0.15) is 5.26 Å².